The molecule has 1 fully saturated rings. The monoisotopic (exact) mass is 287 g/mol. The fraction of sp³-hybridized carbons (Fsp3) is 0.571. The molecule has 0 spiro atoms. The SMILES string of the molecule is CC(CO)(CCSc1ccc(F)cc1F)NC1CC1. The van der Waals surface area contributed by atoms with Gasteiger partial charge in [0.25, 0.3) is 0 Å². The van der Waals surface area contributed by atoms with Crippen molar-refractivity contribution in [3.05, 3.63) is 29.8 Å². The minimum Gasteiger partial charge on any atom is -0.394 e. The van der Waals surface area contributed by atoms with Gasteiger partial charge in [0.05, 0.1) is 6.61 Å². The van der Waals surface area contributed by atoms with Crippen LogP contribution in [-0.2, 0) is 0 Å². The van der Waals surface area contributed by atoms with Crippen LogP contribution >= 0.6 is 11.8 Å². The van der Waals surface area contributed by atoms with Crippen molar-refractivity contribution in [3.8, 4) is 0 Å². The number of hydrogen-bond acceptors (Lipinski definition) is 3. The summed E-state index contributed by atoms with van der Waals surface area (Å²) in [5.74, 6) is -0.400. The standard InChI is InChI=1S/C14H19F2NOS/c1-14(9-18,17-11-3-4-11)6-7-19-13-5-2-10(15)8-12(13)16/h2,5,8,11,17-18H,3-4,6-7,9H2,1H3. The smallest absolute Gasteiger partial charge is 0.139 e. The highest BCUT2D eigenvalue weighted by Crippen LogP contribution is 2.28. The second kappa shape index (κ2) is 6.20. The lowest BCUT2D eigenvalue weighted by Crippen LogP contribution is -2.47. The molecule has 0 heterocycles. The molecule has 1 unspecified atom stereocenters. The molecular formula is C14H19F2NOS. The molecule has 2 rings (SSSR count). The topological polar surface area (TPSA) is 32.3 Å². The molecule has 5 heteroatoms. The van der Waals surface area contributed by atoms with Crippen molar-refractivity contribution in [1.29, 1.82) is 0 Å². The van der Waals surface area contributed by atoms with E-state index in [4.69, 9.17) is 0 Å². The van der Waals surface area contributed by atoms with Crippen LogP contribution in [0.5, 0.6) is 0 Å². The summed E-state index contributed by atoms with van der Waals surface area (Å²) in [4.78, 5) is 0.452. The van der Waals surface area contributed by atoms with Crippen LogP contribution in [0.3, 0.4) is 0 Å². The second-order valence-corrected chi connectivity index (χ2v) is 6.45. The number of nitrogens with one attached hydrogen (secondary N) is 1. The number of benzene rings is 1. The van der Waals surface area contributed by atoms with Crippen molar-refractivity contribution in [2.75, 3.05) is 12.4 Å². The van der Waals surface area contributed by atoms with E-state index in [0.717, 1.165) is 25.3 Å². The van der Waals surface area contributed by atoms with E-state index in [0.29, 0.717) is 16.7 Å². The predicted molar refractivity (Wildman–Crippen MR) is 73.3 cm³/mol. The van der Waals surface area contributed by atoms with Crippen LogP contribution in [0.4, 0.5) is 8.78 Å². The lowest BCUT2D eigenvalue weighted by atomic mass is 10.0. The Morgan fingerprint density at radius 3 is 2.74 bits per heavy atom. The average Bonchev–Trinajstić information content (AvgIpc) is 3.16. The van der Waals surface area contributed by atoms with Crippen LogP contribution in [0.1, 0.15) is 26.2 Å². The zero-order valence-corrected chi connectivity index (χ0v) is 11.8. The summed E-state index contributed by atoms with van der Waals surface area (Å²) in [6, 6.07) is 4.14. The molecule has 0 aromatic heterocycles. The molecule has 1 saturated carbocycles. The minimum absolute atomic E-state index is 0.0654. The van der Waals surface area contributed by atoms with E-state index in [9.17, 15) is 13.9 Å². The van der Waals surface area contributed by atoms with Gasteiger partial charge >= 0.3 is 0 Å². The summed E-state index contributed by atoms with van der Waals surface area (Å²) in [6.45, 7) is 2.04. The van der Waals surface area contributed by atoms with Crippen LogP contribution < -0.4 is 5.32 Å². The maximum absolute atomic E-state index is 13.4. The molecule has 1 aliphatic carbocycles. The Morgan fingerprint density at radius 2 is 2.16 bits per heavy atom. The lowest BCUT2D eigenvalue weighted by Gasteiger charge is -2.28. The number of aliphatic hydroxyl groups excluding tert-OH is 1. The van der Waals surface area contributed by atoms with Crippen LogP contribution in [-0.4, -0.2) is 29.0 Å². The highest BCUT2D eigenvalue weighted by molar-refractivity contribution is 7.99. The zero-order valence-electron chi connectivity index (χ0n) is 11.0. The molecule has 2 nitrogen and oxygen atoms in total. The van der Waals surface area contributed by atoms with E-state index in [2.05, 4.69) is 5.32 Å². The van der Waals surface area contributed by atoms with E-state index in [1.807, 2.05) is 6.92 Å². The van der Waals surface area contributed by atoms with Gasteiger partial charge in [0.2, 0.25) is 0 Å². The first kappa shape index (κ1) is 14.8. The highest BCUT2D eigenvalue weighted by Gasteiger charge is 2.31. The minimum atomic E-state index is -0.558. The van der Waals surface area contributed by atoms with E-state index in [-0.39, 0.29) is 12.1 Å². The molecule has 0 bridgehead atoms. The fourth-order valence-electron chi connectivity index (χ4n) is 1.90. The maximum atomic E-state index is 13.4. The second-order valence-electron chi connectivity index (χ2n) is 5.31. The molecule has 2 N–H and O–H groups in total. The number of halogens is 2. The van der Waals surface area contributed by atoms with E-state index in [1.165, 1.54) is 23.9 Å². The van der Waals surface area contributed by atoms with Gasteiger partial charge in [-0.1, -0.05) is 0 Å². The van der Waals surface area contributed by atoms with Crippen molar-refractivity contribution in [1.82, 2.24) is 5.32 Å². The molecule has 106 valence electrons. The van der Waals surface area contributed by atoms with Crippen molar-refractivity contribution in [3.63, 3.8) is 0 Å². The van der Waals surface area contributed by atoms with Crippen LogP contribution in [0.25, 0.3) is 0 Å². The first-order valence-electron chi connectivity index (χ1n) is 6.49. The third-order valence-corrected chi connectivity index (χ3v) is 4.33. The molecular weight excluding hydrogens is 268 g/mol. The quantitative estimate of drug-likeness (QED) is 0.756. The summed E-state index contributed by atoms with van der Waals surface area (Å²) < 4.78 is 26.2. The van der Waals surface area contributed by atoms with Crippen LogP contribution in [0.15, 0.2) is 23.1 Å². The van der Waals surface area contributed by atoms with Crippen molar-refractivity contribution in [2.45, 2.75) is 42.7 Å². The van der Waals surface area contributed by atoms with E-state index >= 15 is 0 Å². The van der Waals surface area contributed by atoms with Gasteiger partial charge in [-0.2, -0.15) is 0 Å². The average molecular weight is 287 g/mol. The number of aliphatic hydroxyl groups is 1. The Kier molecular flexibility index (Phi) is 4.81. The Morgan fingerprint density at radius 1 is 1.42 bits per heavy atom. The summed E-state index contributed by atoms with van der Waals surface area (Å²) in [5.41, 5.74) is -0.315. The number of rotatable bonds is 7. The largest absolute Gasteiger partial charge is 0.394 e. The Bertz CT molecular complexity index is 439. The van der Waals surface area contributed by atoms with Gasteiger partial charge in [-0.3, -0.25) is 0 Å². The zero-order chi connectivity index (χ0) is 13.9. The van der Waals surface area contributed by atoms with Crippen LogP contribution in [0, 0.1) is 11.6 Å². The van der Waals surface area contributed by atoms with Crippen molar-refractivity contribution in [2.24, 2.45) is 0 Å². The molecule has 19 heavy (non-hydrogen) atoms. The molecule has 0 aliphatic heterocycles. The normalized spacial score (nSPS) is 18.3. The van der Waals surface area contributed by atoms with Crippen molar-refractivity contribution < 1.29 is 13.9 Å². The molecule has 1 aromatic rings. The Balaban J connectivity index is 1.84. The summed E-state index contributed by atoms with van der Waals surface area (Å²) in [6.07, 6.45) is 3.06. The maximum Gasteiger partial charge on any atom is 0.139 e. The molecule has 0 radical (unpaired) electrons. The molecule has 0 saturated heterocycles. The van der Waals surface area contributed by atoms with Crippen molar-refractivity contribution >= 4 is 11.8 Å². The summed E-state index contributed by atoms with van der Waals surface area (Å²) in [5, 5.41) is 12.9. The summed E-state index contributed by atoms with van der Waals surface area (Å²) >= 11 is 1.35. The predicted octanol–water partition coefficient (Wildman–Crippen LogP) is 2.95. The van der Waals surface area contributed by atoms with Gasteiger partial charge in [0, 0.05) is 22.5 Å². The highest BCUT2D eigenvalue weighted by atomic mass is 32.2. The Hall–Kier alpha value is -0.650. The molecule has 0 amide bonds. The Labute approximate surface area is 116 Å². The van der Waals surface area contributed by atoms with Gasteiger partial charge in [-0.05, 0) is 44.1 Å². The van der Waals surface area contributed by atoms with Gasteiger partial charge in [-0.25, -0.2) is 8.78 Å². The molecule has 1 atom stereocenters. The first-order valence-corrected chi connectivity index (χ1v) is 7.47. The van der Waals surface area contributed by atoms with Crippen LogP contribution in [0.2, 0.25) is 0 Å². The fourth-order valence-corrected chi connectivity index (χ4v) is 3.03. The lowest BCUT2D eigenvalue weighted by molar-refractivity contribution is 0.169. The third kappa shape index (κ3) is 4.44. The number of thioether (sulfide) groups is 1. The molecule has 1 aromatic carbocycles. The molecule has 1 aliphatic rings. The first-order chi connectivity index (χ1) is 9.02. The third-order valence-electron chi connectivity index (χ3n) is 3.28. The van der Waals surface area contributed by atoms with E-state index in [1.54, 1.807) is 0 Å². The van der Waals surface area contributed by atoms with E-state index < -0.39 is 11.6 Å². The number of hydrogen-bond donors (Lipinski definition) is 2. The van der Waals surface area contributed by atoms with Gasteiger partial charge < -0.3 is 10.4 Å². The van der Waals surface area contributed by atoms with Gasteiger partial charge in [-0.15, -0.1) is 11.8 Å². The van der Waals surface area contributed by atoms with Gasteiger partial charge in [0.1, 0.15) is 11.6 Å². The van der Waals surface area contributed by atoms with Gasteiger partial charge in [0.15, 0.2) is 0 Å². The summed E-state index contributed by atoms with van der Waals surface area (Å²) in [7, 11) is 0.